The van der Waals surface area contributed by atoms with Crippen LogP contribution in [0.1, 0.15) is 37.8 Å². The molecule has 4 rings (SSSR count). The number of halogens is 1. The van der Waals surface area contributed by atoms with Crippen LogP contribution in [0.15, 0.2) is 48.5 Å². The smallest absolute Gasteiger partial charge is 0.326 e. The topological polar surface area (TPSA) is 72.3 Å². The summed E-state index contributed by atoms with van der Waals surface area (Å²) < 4.78 is 7.96. The monoisotopic (exact) mass is 439 g/mol. The molecule has 2 heterocycles. The van der Waals surface area contributed by atoms with Crippen LogP contribution in [0, 0.1) is 0 Å². The van der Waals surface area contributed by atoms with Crippen LogP contribution in [0.4, 0.5) is 16.2 Å². The summed E-state index contributed by atoms with van der Waals surface area (Å²) in [6.45, 7) is 3.59. The summed E-state index contributed by atoms with van der Waals surface area (Å²) in [5, 5.41) is 12.4. The lowest BCUT2D eigenvalue weighted by Crippen LogP contribution is -2.36. The number of urea groups is 1. The number of hydrogen-bond acceptors (Lipinski definition) is 4. The number of nitrogens with zero attached hydrogens (tertiary/aromatic N) is 4. The average molecular weight is 440 g/mol. The molecule has 2 aromatic carbocycles. The fourth-order valence-corrected chi connectivity index (χ4v) is 3.88. The van der Waals surface area contributed by atoms with Gasteiger partial charge in [0, 0.05) is 23.7 Å². The van der Waals surface area contributed by atoms with Crippen molar-refractivity contribution in [3.8, 4) is 5.75 Å². The third kappa shape index (κ3) is 4.99. The molecule has 31 heavy (non-hydrogen) atoms. The molecule has 0 fully saturated rings. The van der Waals surface area contributed by atoms with E-state index in [1.54, 1.807) is 29.2 Å². The summed E-state index contributed by atoms with van der Waals surface area (Å²) in [7, 11) is 0. The number of benzene rings is 2. The van der Waals surface area contributed by atoms with Crippen LogP contribution in [-0.4, -0.2) is 27.4 Å². The Labute approximate surface area is 187 Å². The predicted octanol–water partition coefficient (Wildman–Crippen LogP) is 5.30. The van der Waals surface area contributed by atoms with E-state index in [-0.39, 0.29) is 12.6 Å². The zero-order valence-corrected chi connectivity index (χ0v) is 18.3. The summed E-state index contributed by atoms with van der Waals surface area (Å²) in [6.07, 6.45) is 4.30. The molecule has 162 valence electrons. The van der Waals surface area contributed by atoms with Crippen LogP contribution in [-0.2, 0) is 19.5 Å². The summed E-state index contributed by atoms with van der Waals surface area (Å²) in [5.74, 6) is 2.41. The van der Waals surface area contributed by atoms with Crippen molar-refractivity contribution in [2.75, 3.05) is 16.8 Å². The predicted molar refractivity (Wildman–Crippen MR) is 122 cm³/mol. The van der Waals surface area contributed by atoms with Crippen LogP contribution in [0.2, 0.25) is 5.02 Å². The third-order valence-corrected chi connectivity index (χ3v) is 5.53. The molecule has 0 atom stereocenters. The summed E-state index contributed by atoms with van der Waals surface area (Å²) >= 11 is 5.98. The number of carbonyl (C=O) groups excluding carboxylic acids is 1. The van der Waals surface area contributed by atoms with Crippen molar-refractivity contribution in [3.05, 3.63) is 65.2 Å². The first kappa shape index (κ1) is 21.2. The van der Waals surface area contributed by atoms with Crippen molar-refractivity contribution < 1.29 is 9.53 Å². The molecular weight excluding hydrogens is 414 g/mol. The minimum Gasteiger partial charge on any atom is -0.492 e. The normalized spacial score (nSPS) is 13.2. The van der Waals surface area contributed by atoms with E-state index in [2.05, 4.69) is 20.1 Å². The Morgan fingerprint density at radius 1 is 1.13 bits per heavy atom. The van der Waals surface area contributed by atoms with Gasteiger partial charge in [0.05, 0.1) is 18.8 Å². The van der Waals surface area contributed by atoms with Gasteiger partial charge in [-0.05, 0) is 56.2 Å². The van der Waals surface area contributed by atoms with Crippen molar-refractivity contribution in [1.82, 2.24) is 14.8 Å². The van der Waals surface area contributed by atoms with Gasteiger partial charge in [0.25, 0.3) is 0 Å². The van der Waals surface area contributed by atoms with Gasteiger partial charge in [-0.1, -0.05) is 30.2 Å². The second-order valence-electron chi connectivity index (χ2n) is 7.42. The van der Waals surface area contributed by atoms with Crippen molar-refractivity contribution >= 4 is 29.0 Å². The number of aromatic nitrogens is 3. The van der Waals surface area contributed by atoms with Crippen LogP contribution in [0.3, 0.4) is 0 Å². The number of fused-ring (bicyclic) bond motifs is 1. The first-order valence-corrected chi connectivity index (χ1v) is 11.0. The number of ether oxygens (including phenoxy) is 1. The second-order valence-corrected chi connectivity index (χ2v) is 7.86. The van der Waals surface area contributed by atoms with Crippen molar-refractivity contribution in [2.24, 2.45) is 0 Å². The van der Waals surface area contributed by atoms with Gasteiger partial charge in [0.1, 0.15) is 11.6 Å². The van der Waals surface area contributed by atoms with E-state index in [1.165, 1.54) is 6.42 Å². The number of aryl methyl sites for hydroxylation is 1. The number of nitrogens with one attached hydrogen (secondary N) is 1. The van der Waals surface area contributed by atoms with E-state index in [9.17, 15) is 4.79 Å². The molecule has 0 bridgehead atoms. The number of hydrogen-bond donors (Lipinski definition) is 1. The van der Waals surface area contributed by atoms with Gasteiger partial charge in [-0.15, -0.1) is 10.2 Å². The molecule has 0 aliphatic carbocycles. The Balaban J connectivity index is 1.67. The Morgan fingerprint density at radius 2 is 1.94 bits per heavy atom. The largest absolute Gasteiger partial charge is 0.492 e. The Hall–Kier alpha value is -3.06. The van der Waals surface area contributed by atoms with Crippen LogP contribution >= 0.6 is 11.6 Å². The van der Waals surface area contributed by atoms with Crippen molar-refractivity contribution in [2.45, 2.75) is 45.7 Å². The Morgan fingerprint density at radius 3 is 2.74 bits per heavy atom. The minimum absolute atomic E-state index is 0.277. The first-order chi connectivity index (χ1) is 15.2. The summed E-state index contributed by atoms with van der Waals surface area (Å²) in [4.78, 5) is 15.0. The highest BCUT2D eigenvalue weighted by molar-refractivity contribution is 6.30. The molecule has 2 amide bonds. The third-order valence-electron chi connectivity index (χ3n) is 5.28. The SMILES string of the molecule is CCOc1ccccc1N(Cc1nnc2n1CCCCC2)C(=O)Nc1ccc(Cl)cc1. The van der Waals surface area contributed by atoms with Crippen LogP contribution in [0.5, 0.6) is 5.75 Å². The van der Waals surface area contributed by atoms with E-state index in [0.717, 1.165) is 37.5 Å². The highest BCUT2D eigenvalue weighted by Crippen LogP contribution is 2.30. The van der Waals surface area contributed by atoms with Gasteiger partial charge in [0.15, 0.2) is 5.82 Å². The van der Waals surface area contributed by atoms with Crippen molar-refractivity contribution in [1.29, 1.82) is 0 Å². The zero-order chi connectivity index (χ0) is 21.6. The second kappa shape index (κ2) is 9.83. The minimum atomic E-state index is -0.277. The molecule has 8 heteroatoms. The lowest BCUT2D eigenvalue weighted by molar-refractivity contribution is 0.256. The molecule has 3 aromatic rings. The average Bonchev–Trinajstić information content (AvgIpc) is 3.00. The van der Waals surface area contributed by atoms with Gasteiger partial charge < -0.3 is 14.6 Å². The maximum Gasteiger partial charge on any atom is 0.326 e. The molecule has 0 radical (unpaired) electrons. The number of amides is 2. The van der Waals surface area contributed by atoms with Gasteiger partial charge in [-0.25, -0.2) is 4.79 Å². The molecule has 0 saturated heterocycles. The molecule has 0 saturated carbocycles. The molecule has 7 nitrogen and oxygen atoms in total. The van der Waals surface area contributed by atoms with Gasteiger partial charge in [-0.2, -0.15) is 0 Å². The molecule has 1 N–H and O–H groups in total. The van der Waals surface area contributed by atoms with Crippen molar-refractivity contribution in [3.63, 3.8) is 0 Å². The van der Waals surface area contributed by atoms with Crippen LogP contribution < -0.4 is 15.0 Å². The van der Waals surface area contributed by atoms with E-state index in [4.69, 9.17) is 16.3 Å². The fraction of sp³-hybridized carbons (Fsp3) is 0.348. The maximum atomic E-state index is 13.4. The van der Waals surface area contributed by atoms with Crippen LogP contribution in [0.25, 0.3) is 0 Å². The van der Waals surface area contributed by atoms with Gasteiger partial charge >= 0.3 is 6.03 Å². The number of anilines is 2. The molecule has 1 aliphatic rings. The Kier molecular flexibility index (Phi) is 6.72. The number of carbonyl (C=O) groups is 1. The number of rotatable bonds is 6. The van der Waals surface area contributed by atoms with E-state index >= 15 is 0 Å². The summed E-state index contributed by atoms with van der Waals surface area (Å²) in [6, 6.07) is 14.3. The molecular formula is C23H26ClN5O2. The molecule has 1 aromatic heterocycles. The maximum absolute atomic E-state index is 13.4. The highest BCUT2D eigenvalue weighted by atomic mass is 35.5. The first-order valence-electron chi connectivity index (χ1n) is 10.6. The quantitative estimate of drug-likeness (QED) is 0.566. The van der Waals surface area contributed by atoms with Gasteiger partial charge in [0.2, 0.25) is 0 Å². The molecule has 1 aliphatic heterocycles. The molecule has 0 spiro atoms. The van der Waals surface area contributed by atoms with E-state index < -0.39 is 0 Å². The lowest BCUT2D eigenvalue weighted by Gasteiger charge is -2.25. The standard InChI is InChI=1S/C23H26ClN5O2/c1-2-31-20-9-6-5-8-19(20)29(23(30)25-18-13-11-17(24)12-14-18)16-22-27-26-21-10-4-3-7-15-28(21)22/h5-6,8-9,11-14H,2-4,7,10,15-16H2,1H3,(H,25,30). The zero-order valence-electron chi connectivity index (χ0n) is 17.6. The highest BCUT2D eigenvalue weighted by Gasteiger charge is 2.24. The Bertz CT molecular complexity index is 1030. The fourth-order valence-electron chi connectivity index (χ4n) is 3.75. The van der Waals surface area contributed by atoms with Gasteiger partial charge in [-0.3, -0.25) is 4.90 Å². The molecule has 0 unspecified atom stereocenters. The summed E-state index contributed by atoms with van der Waals surface area (Å²) in [5.41, 5.74) is 1.34. The lowest BCUT2D eigenvalue weighted by atomic mass is 10.2. The van der Waals surface area contributed by atoms with E-state index in [0.29, 0.717) is 28.8 Å². The number of para-hydroxylation sites is 2. The van der Waals surface area contributed by atoms with E-state index in [1.807, 2.05) is 31.2 Å².